The summed E-state index contributed by atoms with van der Waals surface area (Å²) >= 11 is 0. The van der Waals surface area contributed by atoms with Gasteiger partial charge in [0, 0.05) is 19.5 Å². The van der Waals surface area contributed by atoms with E-state index < -0.39 is 29.5 Å². The molecule has 2 aromatic carbocycles. The highest BCUT2D eigenvalue weighted by Crippen LogP contribution is 2.17. The molecular weight excluding hydrogens is 494 g/mol. The highest BCUT2D eigenvalue weighted by atomic mass is 16.4. The molecule has 0 radical (unpaired) electrons. The van der Waals surface area contributed by atoms with Crippen LogP contribution in [-0.2, 0) is 6.54 Å². The molecule has 3 heterocycles. The minimum atomic E-state index is -1.06. The first kappa shape index (κ1) is 24.4. The number of aromatic amines is 1. The fourth-order valence-corrected chi connectivity index (χ4v) is 3.91. The molecule has 0 fully saturated rings. The van der Waals surface area contributed by atoms with Crippen molar-refractivity contribution in [3.63, 3.8) is 0 Å². The summed E-state index contributed by atoms with van der Waals surface area (Å²) in [4.78, 5) is 61.2. The zero-order valence-electron chi connectivity index (χ0n) is 20.2. The SMILES string of the molecule is Cc1nc2cc(CNC(=O)c3cc(C(=O)N[C@H](C)c4ccc(C(=O)O)cc4)n4[nH]c(=O)nc4n3)ccc2o1. The second-order valence-corrected chi connectivity index (χ2v) is 8.53. The molecule has 0 saturated heterocycles. The number of H-pyrrole nitrogens is 1. The summed E-state index contributed by atoms with van der Waals surface area (Å²) in [5.41, 5.74) is 1.93. The molecular formula is C25H21N7O6. The monoisotopic (exact) mass is 515 g/mol. The Morgan fingerprint density at radius 2 is 1.82 bits per heavy atom. The molecule has 13 heteroatoms. The van der Waals surface area contributed by atoms with Gasteiger partial charge < -0.3 is 20.2 Å². The van der Waals surface area contributed by atoms with Gasteiger partial charge in [-0.3, -0.25) is 9.59 Å². The quantitative estimate of drug-likeness (QED) is 0.252. The number of amides is 2. The van der Waals surface area contributed by atoms with E-state index >= 15 is 0 Å². The van der Waals surface area contributed by atoms with Crippen molar-refractivity contribution in [1.29, 1.82) is 0 Å². The molecule has 1 atom stereocenters. The highest BCUT2D eigenvalue weighted by molar-refractivity contribution is 5.98. The first-order valence-electron chi connectivity index (χ1n) is 11.5. The summed E-state index contributed by atoms with van der Waals surface area (Å²) in [6.45, 7) is 3.61. The van der Waals surface area contributed by atoms with Crippen LogP contribution in [-0.4, -0.2) is 47.5 Å². The number of carboxylic acid groups (broad SMARTS) is 1. The fraction of sp³-hybridized carbons (Fsp3) is 0.160. The van der Waals surface area contributed by atoms with Crippen molar-refractivity contribution in [3.05, 3.63) is 93.0 Å². The van der Waals surface area contributed by atoms with Crippen molar-refractivity contribution in [2.24, 2.45) is 0 Å². The first-order valence-corrected chi connectivity index (χ1v) is 11.5. The summed E-state index contributed by atoms with van der Waals surface area (Å²) in [5.74, 6) is -1.86. The van der Waals surface area contributed by atoms with Crippen LogP contribution in [0.1, 0.15) is 61.3 Å². The number of benzene rings is 2. The minimum Gasteiger partial charge on any atom is -0.478 e. The Balaban J connectivity index is 1.36. The largest absolute Gasteiger partial charge is 0.478 e. The molecule has 0 aliphatic rings. The summed E-state index contributed by atoms with van der Waals surface area (Å²) in [5, 5.41) is 17.0. The Morgan fingerprint density at radius 1 is 1.05 bits per heavy atom. The molecule has 192 valence electrons. The van der Waals surface area contributed by atoms with Crippen molar-refractivity contribution in [1.82, 2.24) is 35.2 Å². The van der Waals surface area contributed by atoms with Gasteiger partial charge in [0.1, 0.15) is 16.9 Å². The molecule has 5 rings (SSSR count). The predicted molar refractivity (Wildman–Crippen MR) is 133 cm³/mol. The van der Waals surface area contributed by atoms with Gasteiger partial charge in [-0.05, 0) is 42.3 Å². The Bertz CT molecular complexity index is 1770. The zero-order valence-corrected chi connectivity index (χ0v) is 20.2. The molecule has 13 nitrogen and oxygen atoms in total. The molecule has 0 aliphatic carbocycles. The van der Waals surface area contributed by atoms with Crippen molar-refractivity contribution in [2.45, 2.75) is 26.4 Å². The Labute approximate surface area is 213 Å². The first-order chi connectivity index (χ1) is 18.2. The van der Waals surface area contributed by atoms with Gasteiger partial charge in [-0.25, -0.2) is 29.2 Å². The number of fused-ring (bicyclic) bond motifs is 2. The number of nitrogens with one attached hydrogen (secondary N) is 3. The molecule has 3 aromatic heterocycles. The predicted octanol–water partition coefficient (Wildman–Crippen LogP) is 1.99. The normalized spacial score (nSPS) is 11.9. The van der Waals surface area contributed by atoms with E-state index in [0.29, 0.717) is 22.6 Å². The standard InChI is InChI=1S/C25H21N7O6/c1-12(15-4-6-16(7-5-15)23(35)36)27-22(34)19-10-18(29-24-30-25(37)31-32(19)24)21(33)26-11-14-3-8-20-17(9-14)28-13(2)38-20/h3-10,12H,11H2,1-2H3,(H,26,33)(H,27,34)(H,31,37)(H,35,36)/t12-/m1/s1. The molecule has 38 heavy (non-hydrogen) atoms. The molecule has 0 aliphatic heterocycles. The Morgan fingerprint density at radius 3 is 2.55 bits per heavy atom. The second-order valence-electron chi connectivity index (χ2n) is 8.53. The highest BCUT2D eigenvalue weighted by Gasteiger charge is 2.20. The van der Waals surface area contributed by atoms with Crippen LogP contribution in [0.5, 0.6) is 0 Å². The maximum absolute atomic E-state index is 13.2. The summed E-state index contributed by atoms with van der Waals surface area (Å²) in [6.07, 6.45) is 0. The number of carboxylic acids is 1. The van der Waals surface area contributed by atoms with Crippen molar-refractivity contribution >= 4 is 34.7 Å². The average molecular weight is 515 g/mol. The molecule has 0 unspecified atom stereocenters. The second kappa shape index (κ2) is 9.61. The van der Waals surface area contributed by atoms with Crippen LogP contribution < -0.4 is 16.3 Å². The van der Waals surface area contributed by atoms with Crippen LogP contribution in [0.25, 0.3) is 16.9 Å². The van der Waals surface area contributed by atoms with Gasteiger partial charge in [0.05, 0.1) is 11.6 Å². The lowest BCUT2D eigenvalue weighted by molar-refractivity contribution is 0.0696. The minimum absolute atomic E-state index is 0.0664. The van der Waals surface area contributed by atoms with Gasteiger partial charge in [0.25, 0.3) is 17.6 Å². The lowest BCUT2D eigenvalue weighted by Gasteiger charge is -2.15. The van der Waals surface area contributed by atoms with Crippen LogP contribution in [0.4, 0.5) is 0 Å². The molecule has 0 bridgehead atoms. The van der Waals surface area contributed by atoms with E-state index in [1.165, 1.54) is 18.2 Å². The molecule has 2 amide bonds. The zero-order chi connectivity index (χ0) is 27.0. The number of aryl methyl sites for hydroxylation is 1. The number of oxazole rings is 1. The van der Waals surface area contributed by atoms with Crippen molar-refractivity contribution in [2.75, 3.05) is 0 Å². The van der Waals surface area contributed by atoms with Gasteiger partial charge >= 0.3 is 11.7 Å². The lowest BCUT2D eigenvalue weighted by Crippen LogP contribution is -2.30. The van der Waals surface area contributed by atoms with Gasteiger partial charge in [-0.1, -0.05) is 18.2 Å². The number of carbonyl (C=O) groups is 3. The smallest absolute Gasteiger partial charge is 0.363 e. The number of aromatic nitrogens is 5. The summed E-state index contributed by atoms with van der Waals surface area (Å²) < 4.78 is 6.55. The molecule has 0 spiro atoms. The van der Waals surface area contributed by atoms with E-state index in [1.807, 2.05) is 0 Å². The van der Waals surface area contributed by atoms with E-state index in [0.717, 1.165) is 10.1 Å². The average Bonchev–Trinajstić information content (AvgIpc) is 3.46. The third-order valence-corrected chi connectivity index (χ3v) is 5.83. The number of hydrogen-bond donors (Lipinski definition) is 4. The van der Waals surface area contributed by atoms with Gasteiger partial charge in [-0.2, -0.15) is 4.98 Å². The maximum atomic E-state index is 13.2. The van der Waals surface area contributed by atoms with Gasteiger partial charge in [0.15, 0.2) is 11.5 Å². The number of hydrogen-bond acceptors (Lipinski definition) is 8. The fourth-order valence-electron chi connectivity index (χ4n) is 3.91. The van der Waals surface area contributed by atoms with Crippen LogP contribution in [0.15, 0.2) is 57.7 Å². The van der Waals surface area contributed by atoms with Crippen LogP contribution in [0.2, 0.25) is 0 Å². The van der Waals surface area contributed by atoms with Crippen molar-refractivity contribution in [3.8, 4) is 0 Å². The number of carbonyl (C=O) groups excluding carboxylic acids is 2. The lowest BCUT2D eigenvalue weighted by atomic mass is 10.1. The third kappa shape index (κ3) is 4.84. The summed E-state index contributed by atoms with van der Waals surface area (Å²) in [7, 11) is 0. The molecule has 4 N–H and O–H groups in total. The molecule has 0 saturated carbocycles. The van der Waals surface area contributed by atoms with E-state index in [4.69, 9.17) is 9.52 Å². The maximum Gasteiger partial charge on any atom is 0.363 e. The molecule has 5 aromatic rings. The van der Waals surface area contributed by atoms with Crippen LogP contribution in [0.3, 0.4) is 0 Å². The van der Waals surface area contributed by atoms with Gasteiger partial charge in [-0.15, -0.1) is 0 Å². The van der Waals surface area contributed by atoms with E-state index in [1.54, 1.807) is 44.2 Å². The Kier molecular flexibility index (Phi) is 6.16. The number of aromatic carboxylic acids is 1. The number of rotatable bonds is 7. The van der Waals surface area contributed by atoms with E-state index in [-0.39, 0.29) is 29.3 Å². The summed E-state index contributed by atoms with van der Waals surface area (Å²) in [6, 6.07) is 12.1. The van der Waals surface area contributed by atoms with Crippen LogP contribution >= 0.6 is 0 Å². The third-order valence-electron chi connectivity index (χ3n) is 5.83. The number of nitrogens with zero attached hydrogens (tertiary/aromatic N) is 4. The topological polar surface area (TPSA) is 185 Å². The Hall–Kier alpha value is -5.33. The van der Waals surface area contributed by atoms with E-state index in [2.05, 4.69) is 30.7 Å². The van der Waals surface area contributed by atoms with E-state index in [9.17, 15) is 19.2 Å². The van der Waals surface area contributed by atoms with Crippen molar-refractivity contribution < 1.29 is 23.9 Å². The van der Waals surface area contributed by atoms with Gasteiger partial charge in [0.2, 0.25) is 0 Å². The van der Waals surface area contributed by atoms with Crippen LogP contribution in [0, 0.1) is 6.92 Å².